The zero-order valence-electron chi connectivity index (χ0n) is 22.0. The maximum absolute atomic E-state index is 14.3. The second-order valence-electron chi connectivity index (χ2n) is 11.2. The number of carbonyl (C=O) groups excluding carboxylic acids is 3. The summed E-state index contributed by atoms with van der Waals surface area (Å²) in [5.41, 5.74) is 4.02. The topological polar surface area (TPSA) is 94.3 Å². The number of rotatable bonds is 7. The molecule has 3 amide bonds. The fourth-order valence-electron chi connectivity index (χ4n) is 5.91. The third kappa shape index (κ3) is 4.87. The van der Waals surface area contributed by atoms with Gasteiger partial charge in [0, 0.05) is 17.8 Å². The summed E-state index contributed by atoms with van der Waals surface area (Å²) >= 11 is 0. The Morgan fingerprint density at radius 2 is 1.73 bits per heavy atom. The number of hydrogen-bond acceptors (Lipinski definition) is 3. The highest BCUT2D eigenvalue weighted by Gasteiger charge is 2.49. The lowest BCUT2D eigenvalue weighted by atomic mass is 9.87. The molecule has 1 aliphatic heterocycles. The fourth-order valence-corrected chi connectivity index (χ4v) is 5.91. The second kappa shape index (κ2) is 10.0. The third-order valence-corrected chi connectivity index (χ3v) is 7.56. The molecule has 3 atom stereocenters. The van der Waals surface area contributed by atoms with Crippen molar-refractivity contribution in [3.8, 4) is 0 Å². The Labute approximate surface area is 218 Å². The van der Waals surface area contributed by atoms with E-state index < -0.39 is 18.1 Å². The largest absolute Gasteiger partial charge is 0.361 e. The fraction of sp³-hybridized carbons (Fsp3) is 0.433. The van der Waals surface area contributed by atoms with E-state index in [-0.39, 0.29) is 35.6 Å². The van der Waals surface area contributed by atoms with Gasteiger partial charge in [0.2, 0.25) is 17.7 Å². The zero-order chi connectivity index (χ0) is 26.3. The van der Waals surface area contributed by atoms with Crippen molar-refractivity contribution in [2.45, 2.75) is 71.1 Å². The van der Waals surface area contributed by atoms with Crippen LogP contribution in [0.15, 0.2) is 54.7 Å². The van der Waals surface area contributed by atoms with Gasteiger partial charge in [-0.3, -0.25) is 14.4 Å². The monoisotopic (exact) mass is 500 g/mol. The first-order valence-corrected chi connectivity index (χ1v) is 13.3. The molecule has 2 aromatic carbocycles. The van der Waals surface area contributed by atoms with Crippen LogP contribution in [-0.4, -0.2) is 45.7 Å². The number of aromatic nitrogens is 1. The molecule has 194 valence electrons. The average molecular weight is 501 g/mol. The van der Waals surface area contributed by atoms with Crippen molar-refractivity contribution < 1.29 is 14.4 Å². The van der Waals surface area contributed by atoms with E-state index in [4.69, 9.17) is 0 Å². The summed E-state index contributed by atoms with van der Waals surface area (Å²) in [6.45, 7) is 7.86. The molecule has 1 aliphatic carbocycles. The number of amides is 3. The first kappa shape index (κ1) is 25.1. The molecule has 0 bridgehead atoms. The highest BCUT2D eigenvalue weighted by molar-refractivity contribution is 6.00. The van der Waals surface area contributed by atoms with E-state index in [1.165, 1.54) is 11.1 Å². The van der Waals surface area contributed by atoms with Gasteiger partial charge in [-0.05, 0) is 79.2 Å². The lowest BCUT2D eigenvalue weighted by molar-refractivity contribution is -0.158. The molecular formula is C30H36N4O3. The van der Waals surface area contributed by atoms with Crippen LogP contribution in [0.2, 0.25) is 0 Å². The van der Waals surface area contributed by atoms with Crippen LogP contribution in [0.25, 0.3) is 10.9 Å². The number of benzene rings is 2. The average Bonchev–Trinajstić information content (AvgIpc) is 3.49. The minimum absolute atomic E-state index is 0.0453. The van der Waals surface area contributed by atoms with E-state index in [9.17, 15) is 14.4 Å². The molecule has 0 radical (unpaired) electrons. The molecule has 1 aromatic heterocycles. The molecule has 2 heterocycles. The Hall–Kier alpha value is -3.61. The zero-order valence-corrected chi connectivity index (χ0v) is 22.0. The van der Waals surface area contributed by atoms with Crippen LogP contribution in [0.5, 0.6) is 0 Å². The SMILES string of the molecule is CC(C)C[C@@H]1C(=O)NC(C2Cc3ccccc3C2)C(=O)N1C(C(=O)NC(C)C)c1ccc2cc[nH]c2c1. The molecule has 1 saturated heterocycles. The van der Waals surface area contributed by atoms with Gasteiger partial charge in [-0.15, -0.1) is 0 Å². The second-order valence-corrected chi connectivity index (χ2v) is 11.2. The van der Waals surface area contributed by atoms with Crippen LogP contribution in [0.3, 0.4) is 0 Å². The number of piperazine rings is 1. The van der Waals surface area contributed by atoms with Gasteiger partial charge >= 0.3 is 0 Å². The molecule has 3 aromatic rings. The molecule has 2 aliphatic rings. The summed E-state index contributed by atoms with van der Waals surface area (Å²) in [7, 11) is 0. The van der Waals surface area contributed by atoms with Gasteiger partial charge in [-0.2, -0.15) is 0 Å². The number of fused-ring (bicyclic) bond motifs is 2. The summed E-state index contributed by atoms with van der Waals surface area (Å²) in [6, 6.07) is 13.5. The van der Waals surface area contributed by atoms with Crippen LogP contribution in [0.4, 0.5) is 0 Å². The van der Waals surface area contributed by atoms with Crippen LogP contribution < -0.4 is 10.6 Å². The maximum atomic E-state index is 14.3. The van der Waals surface area contributed by atoms with Crippen molar-refractivity contribution in [1.82, 2.24) is 20.5 Å². The van der Waals surface area contributed by atoms with Crippen molar-refractivity contribution in [3.05, 3.63) is 71.4 Å². The molecule has 1 fully saturated rings. The van der Waals surface area contributed by atoms with Crippen LogP contribution in [0.1, 0.15) is 56.8 Å². The number of aromatic amines is 1. The molecule has 0 spiro atoms. The number of H-pyrrole nitrogens is 1. The molecule has 0 saturated carbocycles. The van der Waals surface area contributed by atoms with Crippen LogP contribution in [-0.2, 0) is 27.2 Å². The molecular weight excluding hydrogens is 464 g/mol. The van der Waals surface area contributed by atoms with Gasteiger partial charge < -0.3 is 20.5 Å². The summed E-state index contributed by atoms with van der Waals surface area (Å²) in [5, 5.41) is 7.11. The summed E-state index contributed by atoms with van der Waals surface area (Å²) in [4.78, 5) is 46.6. The van der Waals surface area contributed by atoms with Crippen LogP contribution >= 0.6 is 0 Å². The Morgan fingerprint density at radius 3 is 2.38 bits per heavy atom. The van der Waals surface area contributed by atoms with Gasteiger partial charge in [0.25, 0.3) is 0 Å². The van der Waals surface area contributed by atoms with Gasteiger partial charge in [-0.1, -0.05) is 50.2 Å². The van der Waals surface area contributed by atoms with Gasteiger partial charge in [0.05, 0.1) is 0 Å². The van der Waals surface area contributed by atoms with Crippen molar-refractivity contribution in [1.29, 1.82) is 0 Å². The molecule has 7 heteroatoms. The van der Waals surface area contributed by atoms with E-state index in [1.54, 1.807) is 4.90 Å². The first-order valence-electron chi connectivity index (χ1n) is 13.3. The van der Waals surface area contributed by atoms with Crippen molar-refractivity contribution in [2.75, 3.05) is 0 Å². The molecule has 5 rings (SSSR count). The Bertz CT molecular complexity index is 1300. The standard InChI is InChI=1S/C30H36N4O3/c1-17(2)13-25-28(35)33-26(23-14-20-7-5-6-8-21(20)15-23)30(37)34(25)27(29(36)32-18(3)4)22-10-9-19-11-12-31-24(19)16-22/h5-12,16-18,23,25-27,31H,13-15H2,1-4H3,(H,32,36)(H,33,35)/t25-,26?,27?/m1/s1. The number of carbonyl (C=O) groups is 3. The van der Waals surface area contributed by atoms with Gasteiger partial charge in [0.1, 0.15) is 18.1 Å². The van der Waals surface area contributed by atoms with E-state index in [0.29, 0.717) is 12.0 Å². The maximum Gasteiger partial charge on any atom is 0.247 e. The van der Waals surface area contributed by atoms with Crippen molar-refractivity contribution >= 4 is 28.6 Å². The van der Waals surface area contributed by atoms with E-state index in [2.05, 4.69) is 27.8 Å². The smallest absolute Gasteiger partial charge is 0.247 e. The van der Waals surface area contributed by atoms with E-state index >= 15 is 0 Å². The minimum atomic E-state index is -0.913. The van der Waals surface area contributed by atoms with E-state index in [1.807, 2.05) is 70.3 Å². The van der Waals surface area contributed by atoms with Gasteiger partial charge in [0.15, 0.2) is 0 Å². The highest BCUT2D eigenvalue weighted by Crippen LogP contribution is 2.36. The predicted octanol–water partition coefficient (Wildman–Crippen LogP) is 3.89. The number of hydrogen-bond donors (Lipinski definition) is 3. The van der Waals surface area contributed by atoms with E-state index in [0.717, 1.165) is 23.7 Å². The Morgan fingerprint density at radius 1 is 1.03 bits per heavy atom. The summed E-state index contributed by atoms with van der Waals surface area (Å²) < 4.78 is 0. The summed E-state index contributed by atoms with van der Waals surface area (Å²) in [5.74, 6) is -0.517. The van der Waals surface area contributed by atoms with Crippen molar-refractivity contribution in [2.24, 2.45) is 11.8 Å². The Kier molecular flexibility index (Phi) is 6.80. The minimum Gasteiger partial charge on any atom is -0.361 e. The van der Waals surface area contributed by atoms with Gasteiger partial charge in [-0.25, -0.2) is 0 Å². The predicted molar refractivity (Wildman–Crippen MR) is 144 cm³/mol. The summed E-state index contributed by atoms with van der Waals surface area (Å²) in [6.07, 6.45) is 3.79. The number of nitrogens with one attached hydrogen (secondary N) is 3. The first-order chi connectivity index (χ1) is 17.7. The van der Waals surface area contributed by atoms with Crippen molar-refractivity contribution in [3.63, 3.8) is 0 Å². The molecule has 7 nitrogen and oxygen atoms in total. The Balaban J connectivity index is 1.57. The lowest BCUT2D eigenvalue weighted by Gasteiger charge is -2.45. The quantitative estimate of drug-likeness (QED) is 0.459. The highest BCUT2D eigenvalue weighted by atomic mass is 16.2. The molecule has 2 unspecified atom stereocenters. The van der Waals surface area contributed by atoms with Crippen LogP contribution in [0, 0.1) is 11.8 Å². The number of nitrogens with zero attached hydrogens (tertiary/aromatic N) is 1. The normalized spacial score (nSPS) is 21.0. The lowest BCUT2D eigenvalue weighted by Crippen LogP contribution is -2.67. The third-order valence-electron chi connectivity index (χ3n) is 7.56. The molecule has 3 N–H and O–H groups in total. The molecule has 37 heavy (non-hydrogen) atoms.